The van der Waals surface area contributed by atoms with Gasteiger partial charge in [-0.1, -0.05) is 11.8 Å². The van der Waals surface area contributed by atoms with Crippen molar-refractivity contribution in [1.29, 1.82) is 0 Å². The molecule has 0 spiro atoms. The second-order valence-electron chi connectivity index (χ2n) is 2.03. The van der Waals surface area contributed by atoms with Crippen molar-refractivity contribution in [3.05, 3.63) is 22.0 Å². The van der Waals surface area contributed by atoms with Crippen LogP contribution in [0.15, 0.2) is 15.9 Å². The van der Waals surface area contributed by atoms with Gasteiger partial charge in [0.15, 0.2) is 0 Å². The molecule has 53 valence electrons. The molecule has 0 saturated carbocycles. The zero-order chi connectivity index (χ0) is 7.07. The molecule has 1 radical (unpaired) electrons. The van der Waals surface area contributed by atoms with Gasteiger partial charge in [-0.2, -0.15) is 0 Å². The van der Waals surface area contributed by atoms with Gasteiger partial charge in [0, 0.05) is 32.7 Å². The van der Waals surface area contributed by atoms with Gasteiger partial charge < -0.3 is 0 Å². The first-order chi connectivity index (χ1) is 4.02. The molecular weight excluding hydrogens is 225 g/mol. The molecule has 0 atom stereocenters. The fourth-order valence-electron chi connectivity index (χ4n) is 0.699. The molecule has 0 unspecified atom stereocenters. The summed E-state index contributed by atoms with van der Waals surface area (Å²) in [6.45, 7) is 3.26. The van der Waals surface area contributed by atoms with Gasteiger partial charge in [0.1, 0.15) is 9.84 Å². The van der Waals surface area contributed by atoms with E-state index in [1.54, 1.807) is 13.8 Å². The van der Waals surface area contributed by atoms with Crippen LogP contribution in [0, 0.1) is 6.08 Å². The Bertz CT molecular complexity index is 285. The molecule has 0 N–H and O–H groups in total. The van der Waals surface area contributed by atoms with Gasteiger partial charge in [0.2, 0.25) is 0 Å². The fourth-order valence-corrected chi connectivity index (χ4v) is 1.70. The van der Waals surface area contributed by atoms with E-state index in [0.717, 1.165) is 0 Å². The summed E-state index contributed by atoms with van der Waals surface area (Å²) in [6, 6.07) is 0. The standard InChI is InChI=1S/C6H7O2S.Y/c1-5-3-6(2)9(7,8)4-5;/h4H,1-2H3;/q-1;. The van der Waals surface area contributed by atoms with Crippen LogP contribution in [0.1, 0.15) is 13.8 Å². The Morgan fingerprint density at radius 3 is 2.00 bits per heavy atom. The van der Waals surface area contributed by atoms with Gasteiger partial charge in [-0.05, 0) is 6.92 Å². The maximum atomic E-state index is 10.8. The summed E-state index contributed by atoms with van der Waals surface area (Å²) in [4.78, 5) is 0.319. The van der Waals surface area contributed by atoms with Crippen LogP contribution in [-0.2, 0) is 42.5 Å². The normalized spacial score (nSPS) is 21.0. The van der Waals surface area contributed by atoms with Gasteiger partial charge in [0.25, 0.3) is 0 Å². The van der Waals surface area contributed by atoms with Crippen LogP contribution in [0.25, 0.3) is 0 Å². The van der Waals surface area contributed by atoms with E-state index in [2.05, 4.69) is 6.08 Å². The summed E-state index contributed by atoms with van der Waals surface area (Å²) in [5.74, 6) is 0. The van der Waals surface area contributed by atoms with E-state index in [1.807, 2.05) is 0 Å². The maximum absolute atomic E-state index is 10.8. The number of sulfone groups is 1. The maximum Gasteiger partial charge on any atom is 0.112 e. The van der Waals surface area contributed by atoms with Gasteiger partial charge in [-0.25, -0.2) is 20.1 Å². The molecule has 1 heterocycles. The Morgan fingerprint density at radius 2 is 1.90 bits per heavy atom. The smallest absolute Gasteiger partial charge is 0.112 e. The number of rotatable bonds is 0. The molecule has 0 aromatic heterocycles. The van der Waals surface area contributed by atoms with Crippen molar-refractivity contribution in [3.63, 3.8) is 0 Å². The van der Waals surface area contributed by atoms with E-state index < -0.39 is 9.84 Å². The molecule has 0 saturated heterocycles. The Hall–Kier alpha value is 0.534. The summed E-state index contributed by atoms with van der Waals surface area (Å²) in [6.07, 6.45) is 2.70. The van der Waals surface area contributed by atoms with Gasteiger partial charge in [-0.15, -0.1) is 5.41 Å². The van der Waals surface area contributed by atoms with Crippen LogP contribution < -0.4 is 0 Å². The third kappa shape index (κ3) is 2.01. The van der Waals surface area contributed by atoms with E-state index in [9.17, 15) is 8.42 Å². The van der Waals surface area contributed by atoms with E-state index >= 15 is 0 Å². The first-order valence-electron chi connectivity index (χ1n) is 2.56. The molecule has 0 amide bonds. The predicted octanol–water partition coefficient (Wildman–Crippen LogP) is 1.02. The van der Waals surface area contributed by atoms with Crippen LogP contribution in [0.2, 0.25) is 0 Å². The Labute approximate surface area is 86.2 Å². The van der Waals surface area contributed by atoms with Crippen molar-refractivity contribution in [2.24, 2.45) is 0 Å². The average Bonchev–Trinajstić information content (AvgIpc) is 1.79. The quantitative estimate of drug-likeness (QED) is 0.584. The van der Waals surface area contributed by atoms with E-state index in [4.69, 9.17) is 0 Å². The molecule has 10 heavy (non-hydrogen) atoms. The van der Waals surface area contributed by atoms with Crippen LogP contribution in [0.5, 0.6) is 0 Å². The van der Waals surface area contributed by atoms with Gasteiger partial charge in [0.05, 0.1) is 0 Å². The topological polar surface area (TPSA) is 34.1 Å². The average molecular weight is 232 g/mol. The predicted molar refractivity (Wildman–Crippen MR) is 35.1 cm³/mol. The Balaban J connectivity index is 0.000000810. The zero-order valence-electron chi connectivity index (χ0n) is 5.88. The molecule has 0 fully saturated rings. The van der Waals surface area contributed by atoms with Crippen LogP contribution in [0.3, 0.4) is 0 Å². The minimum atomic E-state index is -3.03. The monoisotopic (exact) mass is 232 g/mol. The summed E-state index contributed by atoms with van der Waals surface area (Å²) in [5.41, 5.74) is 0.688. The van der Waals surface area contributed by atoms with Crippen LogP contribution >= 0.6 is 0 Å². The fraction of sp³-hybridized carbons (Fsp3) is 0.333. The second-order valence-corrected chi connectivity index (χ2v) is 3.97. The van der Waals surface area contributed by atoms with E-state index in [0.29, 0.717) is 10.5 Å². The number of allylic oxidation sites excluding steroid dienone is 3. The van der Waals surface area contributed by atoms with Gasteiger partial charge in [-0.3, -0.25) is 0 Å². The van der Waals surface area contributed by atoms with E-state index in [1.165, 1.54) is 5.41 Å². The minimum Gasteiger partial charge on any atom is -0.240 e. The summed E-state index contributed by atoms with van der Waals surface area (Å²) >= 11 is 0. The first-order valence-corrected chi connectivity index (χ1v) is 4.11. The van der Waals surface area contributed by atoms with Crippen molar-refractivity contribution in [3.8, 4) is 0 Å². The second kappa shape index (κ2) is 3.29. The molecule has 0 aromatic carbocycles. The molecule has 1 rings (SSSR count). The molecule has 2 nitrogen and oxygen atoms in total. The molecule has 0 aromatic rings. The largest absolute Gasteiger partial charge is 0.240 e. The molecule has 1 aliphatic rings. The van der Waals surface area contributed by atoms with Crippen molar-refractivity contribution < 1.29 is 41.1 Å². The summed E-state index contributed by atoms with van der Waals surface area (Å²) in [7, 11) is -3.03. The van der Waals surface area contributed by atoms with Crippen molar-refractivity contribution >= 4 is 9.84 Å². The minimum absolute atomic E-state index is 0. The molecule has 4 heteroatoms. The molecule has 1 aliphatic heterocycles. The Morgan fingerprint density at radius 1 is 1.40 bits per heavy atom. The van der Waals surface area contributed by atoms with Crippen LogP contribution in [0.4, 0.5) is 0 Å². The first kappa shape index (κ1) is 10.5. The Kier molecular flexibility index (Phi) is 3.46. The van der Waals surface area contributed by atoms with Crippen molar-refractivity contribution in [2.45, 2.75) is 13.8 Å². The number of hydrogen-bond donors (Lipinski definition) is 0. The zero-order valence-corrected chi connectivity index (χ0v) is 9.53. The molecule has 0 bridgehead atoms. The number of hydrogen-bond acceptors (Lipinski definition) is 2. The van der Waals surface area contributed by atoms with Gasteiger partial charge >= 0.3 is 0 Å². The molecular formula is C6H7O2SY-. The third-order valence-corrected chi connectivity index (χ3v) is 2.75. The third-order valence-electron chi connectivity index (χ3n) is 1.13. The summed E-state index contributed by atoms with van der Waals surface area (Å²) in [5, 5.41) is 1.22. The SMILES string of the molecule is CC1=[C-]C(C)=CS1(=O)=O.[Y]. The molecule has 0 aliphatic carbocycles. The van der Waals surface area contributed by atoms with Crippen molar-refractivity contribution in [2.75, 3.05) is 0 Å². The van der Waals surface area contributed by atoms with Crippen molar-refractivity contribution in [1.82, 2.24) is 0 Å². The van der Waals surface area contributed by atoms with Crippen LogP contribution in [-0.4, -0.2) is 8.42 Å². The van der Waals surface area contributed by atoms with E-state index in [-0.39, 0.29) is 32.7 Å². The summed E-state index contributed by atoms with van der Waals surface area (Å²) < 4.78 is 21.6.